The first kappa shape index (κ1) is 12.9. The maximum absolute atomic E-state index is 12.6. The van der Waals surface area contributed by atoms with Crippen LogP contribution in [0.3, 0.4) is 0 Å². The standard InChI is InChI=1S/C19H16N2O/c1-14-19-12-16-9-5-6-10-18(16)20(19)13-17(21(14)22)11-15-7-3-2-4-8-15/h2-10,12-13H,11H2,1H3. The largest absolute Gasteiger partial charge is 0.618 e. The molecular weight excluding hydrogens is 272 g/mol. The van der Waals surface area contributed by atoms with Crippen molar-refractivity contribution in [3.8, 4) is 0 Å². The summed E-state index contributed by atoms with van der Waals surface area (Å²) in [5.41, 5.74) is 4.74. The minimum absolute atomic E-state index is 0.633. The molecule has 4 aromatic rings. The van der Waals surface area contributed by atoms with Gasteiger partial charge in [-0.1, -0.05) is 48.5 Å². The minimum atomic E-state index is 0.633. The molecule has 2 aromatic carbocycles. The van der Waals surface area contributed by atoms with E-state index in [9.17, 15) is 5.21 Å². The van der Waals surface area contributed by atoms with E-state index in [0.29, 0.717) is 6.42 Å². The molecular formula is C19H16N2O. The second kappa shape index (κ2) is 4.88. The van der Waals surface area contributed by atoms with Crippen molar-refractivity contribution in [1.29, 1.82) is 0 Å². The van der Waals surface area contributed by atoms with Gasteiger partial charge in [-0.15, -0.1) is 0 Å². The quantitative estimate of drug-likeness (QED) is 0.409. The monoisotopic (exact) mass is 288 g/mol. The Morgan fingerprint density at radius 2 is 1.68 bits per heavy atom. The van der Waals surface area contributed by atoms with E-state index < -0.39 is 0 Å². The van der Waals surface area contributed by atoms with E-state index in [1.807, 2.05) is 55.6 Å². The predicted octanol–water partition coefficient (Wildman–Crippen LogP) is 3.63. The average Bonchev–Trinajstić information content (AvgIpc) is 2.92. The molecule has 0 aliphatic rings. The summed E-state index contributed by atoms with van der Waals surface area (Å²) in [6.07, 6.45) is 2.60. The first-order valence-corrected chi connectivity index (χ1v) is 7.40. The van der Waals surface area contributed by atoms with Gasteiger partial charge >= 0.3 is 0 Å². The van der Waals surface area contributed by atoms with Crippen molar-refractivity contribution in [2.75, 3.05) is 0 Å². The van der Waals surface area contributed by atoms with Gasteiger partial charge in [-0.2, -0.15) is 4.73 Å². The highest BCUT2D eigenvalue weighted by Crippen LogP contribution is 2.22. The normalized spacial score (nSPS) is 11.3. The van der Waals surface area contributed by atoms with Crippen LogP contribution in [0.25, 0.3) is 16.4 Å². The molecule has 0 atom stereocenters. The number of aromatic nitrogens is 2. The summed E-state index contributed by atoms with van der Waals surface area (Å²) in [7, 11) is 0. The van der Waals surface area contributed by atoms with E-state index in [1.54, 1.807) is 0 Å². The van der Waals surface area contributed by atoms with Crippen LogP contribution >= 0.6 is 0 Å². The van der Waals surface area contributed by atoms with Crippen molar-refractivity contribution in [2.45, 2.75) is 13.3 Å². The smallest absolute Gasteiger partial charge is 0.214 e. The van der Waals surface area contributed by atoms with Crippen LogP contribution in [-0.4, -0.2) is 4.40 Å². The second-order valence-corrected chi connectivity index (χ2v) is 5.62. The first-order chi connectivity index (χ1) is 10.7. The lowest BCUT2D eigenvalue weighted by atomic mass is 10.1. The lowest BCUT2D eigenvalue weighted by Gasteiger charge is -2.10. The van der Waals surface area contributed by atoms with Gasteiger partial charge in [-0.05, 0) is 17.7 Å². The zero-order valence-electron chi connectivity index (χ0n) is 12.4. The summed E-state index contributed by atoms with van der Waals surface area (Å²) < 4.78 is 3.18. The van der Waals surface area contributed by atoms with Crippen molar-refractivity contribution in [1.82, 2.24) is 4.40 Å². The van der Waals surface area contributed by atoms with E-state index >= 15 is 0 Å². The molecule has 0 saturated carbocycles. The summed E-state index contributed by atoms with van der Waals surface area (Å²) in [5, 5.41) is 13.7. The summed E-state index contributed by atoms with van der Waals surface area (Å²) in [4.78, 5) is 0. The lowest BCUT2D eigenvalue weighted by molar-refractivity contribution is -0.619. The third kappa shape index (κ3) is 1.94. The van der Waals surface area contributed by atoms with Crippen molar-refractivity contribution < 1.29 is 4.73 Å². The zero-order chi connectivity index (χ0) is 15.1. The van der Waals surface area contributed by atoms with E-state index in [1.165, 1.54) is 0 Å². The Labute approximate surface area is 128 Å². The Morgan fingerprint density at radius 1 is 0.955 bits per heavy atom. The fourth-order valence-electron chi connectivity index (χ4n) is 3.04. The van der Waals surface area contributed by atoms with Gasteiger partial charge in [0.25, 0.3) is 0 Å². The summed E-state index contributed by atoms with van der Waals surface area (Å²) in [6.45, 7) is 1.88. The van der Waals surface area contributed by atoms with Crippen LogP contribution < -0.4 is 4.73 Å². The maximum Gasteiger partial charge on any atom is 0.214 e. The van der Waals surface area contributed by atoms with E-state index in [0.717, 1.165) is 38.1 Å². The molecule has 2 heterocycles. The zero-order valence-corrected chi connectivity index (χ0v) is 12.4. The molecule has 0 unspecified atom stereocenters. The number of para-hydroxylation sites is 1. The van der Waals surface area contributed by atoms with Crippen molar-refractivity contribution >= 4 is 16.4 Å². The van der Waals surface area contributed by atoms with Gasteiger partial charge in [0, 0.05) is 12.3 Å². The lowest BCUT2D eigenvalue weighted by Crippen LogP contribution is -2.36. The Hall–Kier alpha value is -2.81. The van der Waals surface area contributed by atoms with Crippen LogP contribution in [0.4, 0.5) is 0 Å². The molecule has 2 aromatic heterocycles. The second-order valence-electron chi connectivity index (χ2n) is 5.62. The Bertz CT molecular complexity index is 971. The van der Waals surface area contributed by atoms with Gasteiger partial charge in [-0.3, -0.25) is 0 Å². The number of aryl methyl sites for hydroxylation is 1. The highest BCUT2D eigenvalue weighted by molar-refractivity contribution is 5.87. The van der Waals surface area contributed by atoms with Crippen LogP contribution in [0.2, 0.25) is 0 Å². The fourth-order valence-corrected chi connectivity index (χ4v) is 3.04. The minimum Gasteiger partial charge on any atom is -0.618 e. The predicted molar refractivity (Wildman–Crippen MR) is 87.8 cm³/mol. The molecule has 0 spiro atoms. The molecule has 108 valence electrons. The summed E-state index contributed by atoms with van der Waals surface area (Å²) in [5.74, 6) is 0. The highest BCUT2D eigenvalue weighted by atomic mass is 16.5. The highest BCUT2D eigenvalue weighted by Gasteiger charge is 2.16. The number of hydrogen-bond donors (Lipinski definition) is 0. The van der Waals surface area contributed by atoms with Crippen molar-refractivity contribution in [3.05, 3.63) is 89.0 Å². The number of benzene rings is 2. The molecule has 0 aliphatic heterocycles. The molecule has 0 bridgehead atoms. The van der Waals surface area contributed by atoms with Crippen molar-refractivity contribution in [2.24, 2.45) is 0 Å². The van der Waals surface area contributed by atoms with E-state index in [4.69, 9.17) is 0 Å². The van der Waals surface area contributed by atoms with Gasteiger partial charge in [-0.25, -0.2) is 0 Å². The fraction of sp³-hybridized carbons (Fsp3) is 0.105. The number of fused-ring (bicyclic) bond motifs is 3. The van der Waals surface area contributed by atoms with E-state index in [-0.39, 0.29) is 0 Å². The molecule has 0 aliphatic carbocycles. The van der Waals surface area contributed by atoms with Crippen LogP contribution in [0, 0.1) is 12.1 Å². The van der Waals surface area contributed by atoms with Crippen LogP contribution in [0.15, 0.2) is 66.9 Å². The van der Waals surface area contributed by atoms with E-state index in [2.05, 4.69) is 22.6 Å². The molecule has 4 rings (SSSR count). The third-order valence-electron chi connectivity index (χ3n) is 4.19. The molecule has 0 fully saturated rings. The van der Waals surface area contributed by atoms with Gasteiger partial charge in [0.15, 0.2) is 0 Å². The number of nitrogens with zero attached hydrogens (tertiary/aromatic N) is 2. The van der Waals surface area contributed by atoms with Crippen LogP contribution in [-0.2, 0) is 6.42 Å². The van der Waals surface area contributed by atoms with Crippen LogP contribution in [0.5, 0.6) is 0 Å². The van der Waals surface area contributed by atoms with Gasteiger partial charge in [0.05, 0.1) is 18.1 Å². The molecule has 0 N–H and O–H groups in total. The number of hydrogen-bond acceptors (Lipinski definition) is 1. The maximum atomic E-state index is 12.6. The summed E-state index contributed by atoms with van der Waals surface area (Å²) >= 11 is 0. The molecule has 3 nitrogen and oxygen atoms in total. The van der Waals surface area contributed by atoms with Gasteiger partial charge in [0.2, 0.25) is 11.4 Å². The Morgan fingerprint density at radius 3 is 2.50 bits per heavy atom. The Kier molecular flexibility index (Phi) is 2.86. The van der Waals surface area contributed by atoms with Gasteiger partial charge in [0.1, 0.15) is 5.52 Å². The number of rotatable bonds is 2. The Balaban J connectivity index is 1.95. The molecule has 0 amide bonds. The summed E-state index contributed by atoms with van der Waals surface area (Å²) in [6, 6.07) is 20.4. The molecule has 22 heavy (non-hydrogen) atoms. The molecule has 0 radical (unpaired) electrons. The SMILES string of the molecule is Cc1c2cc3ccccc3n2cc(Cc2ccccc2)[n+]1[O-]. The molecule has 3 heteroatoms. The average molecular weight is 288 g/mol. The topological polar surface area (TPSA) is 31.3 Å². The van der Waals surface area contributed by atoms with Crippen molar-refractivity contribution in [3.63, 3.8) is 0 Å². The third-order valence-corrected chi connectivity index (χ3v) is 4.19. The molecule has 0 saturated heterocycles. The first-order valence-electron chi connectivity index (χ1n) is 7.40. The van der Waals surface area contributed by atoms with Gasteiger partial charge < -0.3 is 9.61 Å². The van der Waals surface area contributed by atoms with Crippen LogP contribution in [0.1, 0.15) is 17.0 Å².